The van der Waals surface area contributed by atoms with E-state index in [0.717, 1.165) is 29.4 Å². The number of aromatic nitrogens is 2. The predicted octanol–water partition coefficient (Wildman–Crippen LogP) is 4.43. The number of hydrogen-bond donors (Lipinski definition) is 1. The number of H-pyrrole nitrogens is 1. The molecule has 2 aromatic carbocycles. The van der Waals surface area contributed by atoms with Crippen LogP contribution in [0.5, 0.6) is 5.75 Å². The molecule has 1 N–H and O–H groups in total. The van der Waals surface area contributed by atoms with Crippen LogP contribution in [0.15, 0.2) is 67.0 Å². The van der Waals surface area contributed by atoms with Gasteiger partial charge in [-0.25, -0.2) is 4.98 Å². The lowest BCUT2D eigenvalue weighted by molar-refractivity contribution is -0.174. The number of benzene rings is 2. The summed E-state index contributed by atoms with van der Waals surface area (Å²) < 4.78 is 18.4. The van der Waals surface area contributed by atoms with E-state index in [2.05, 4.69) is 9.97 Å². The Kier molecular flexibility index (Phi) is 5.95. The molecule has 2 unspecified atom stereocenters. The molecule has 2 heterocycles. The molecule has 1 aliphatic heterocycles. The van der Waals surface area contributed by atoms with Gasteiger partial charge in [0.05, 0.1) is 13.0 Å². The molecule has 0 amide bonds. The monoisotopic (exact) mass is 398 g/mol. The highest BCUT2D eigenvalue weighted by Gasteiger charge is 2.42. The van der Waals surface area contributed by atoms with Crippen molar-refractivity contribution < 1.29 is 14.2 Å². The van der Waals surface area contributed by atoms with Crippen LogP contribution in [0.1, 0.15) is 17.8 Å². The van der Waals surface area contributed by atoms with Crippen LogP contribution in [-0.4, -0.2) is 35.1 Å². The highest BCUT2D eigenvalue weighted by molar-refractivity contribution is 6.30. The lowest BCUT2D eigenvalue weighted by Gasteiger charge is -2.27. The second-order valence-electron chi connectivity index (χ2n) is 6.92. The van der Waals surface area contributed by atoms with Gasteiger partial charge in [-0.3, -0.25) is 0 Å². The molecule has 6 heteroatoms. The zero-order valence-electron chi connectivity index (χ0n) is 15.5. The minimum atomic E-state index is -0.720. The average Bonchev–Trinajstić information content (AvgIpc) is 3.38. The van der Waals surface area contributed by atoms with Gasteiger partial charge in [-0.1, -0.05) is 41.9 Å². The summed E-state index contributed by atoms with van der Waals surface area (Å²) in [5.74, 6) is 0.957. The van der Waals surface area contributed by atoms with Crippen molar-refractivity contribution >= 4 is 11.6 Å². The van der Waals surface area contributed by atoms with Gasteiger partial charge in [-0.15, -0.1) is 0 Å². The summed E-state index contributed by atoms with van der Waals surface area (Å²) in [5, 5.41) is 0.737. The molecule has 3 aromatic rings. The number of imidazole rings is 1. The summed E-state index contributed by atoms with van der Waals surface area (Å²) in [7, 11) is 0. The molecule has 5 nitrogen and oxygen atoms in total. The Labute approximate surface area is 169 Å². The Morgan fingerprint density at radius 1 is 1.14 bits per heavy atom. The van der Waals surface area contributed by atoms with Crippen molar-refractivity contribution in [2.24, 2.45) is 0 Å². The fourth-order valence-corrected chi connectivity index (χ4v) is 3.48. The minimum Gasteiger partial charge on any atom is -0.491 e. The number of aryl methyl sites for hydroxylation is 1. The Bertz CT molecular complexity index is 855. The van der Waals surface area contributed by atoms with Crippen molar-refractivity contribution in [2.45, 2.75) is 31.2 Å². The molecule has 146 valence electrons. The molecule has 1 fully saturated rings. The van der Waals surface area contributed by atoms with Crippen molar-refractivity contribution in [2.75, 3.05) is 13.2 Å². The Hall–Kier alpha value is -2.34. The van der Waals surface area contributed by atoms with Gasteiger partial charge >= 0.3 is 0 Å². The molecule has 1 aromatic heterocycles. The molecule has 0 aliphatic carbocycles. The normalized spacial score (nSPS) is 21.7. The largest absolute Gasteiger partial charge is 0.491 e. The molecule has 2 atom stereocenters. The molecule has 0 bridgehead atoms. The molecule has 0 saturated carbocycles. The van der Waals surface area contributed by atoms with Crippen molar-refractivity contribution in [3.8, 4) is 5.75 Å². The second-order valence-corrected chi connectivity index (χ2v) is 7.36. The summed E-state index contributed by atoms with van der Waals surface area (Å²) in [6.45, 7) is 0.943. The van der Waals surface area contributed by atoms with Crippen LogP contribution in [0.4, 0.5) is 0 Å². The molecule has 0 spiro atoms. The van der Waals surface area contributed by atoms with E-state index in [1.54, 1.807) is 6.20 Å². The maximum atomic E-state index is 6.36. The summed E-state index contributed by atoms with van der Waals surface area (Å²) >= 11 is 5.99. The van der Waals surface area contributed by atoms with Gasteiger partial charge in [0.2, 0.25) is 0 Å². The van der Waals surface area contributed by atoms with Crippen molar-refractivity contribution in [1.82, 2.24) is 9.97 Å². The first-order chi connectivity index (χ1) is 13.7. The van der Waals surface area contributed by atoms with Crippen LogP contribution in [0.3, 0.4) is 0 Å². The third-order valence-electron chi connectivity index (χ3n) is 4.79. The molecule has 0 radical (unpaired) electrons. The summed E-state index contributed by atoms with van der Waals surface area (Å²) in [4.78, 5) is 7.49. The average molecular weight is 399 g/mol. The van der Waals surface area contributed by atoms with Crippen LogP contribution in [0, 0.1) is 0 Å². The van der Waals surface area contributed by atoms with E-state index in [1.165, 1.54) is 5.56 Å². The van der Waals surface area contributed by atoms with Crippen LogP contribution in [0.25, 0.3) is 0 Å². The van der Waals surface area contributed by atoms with E-state index in [9.17, 15) is 0 Å². The number of hydrogen-bond acceptors (Lipinski definition) is 4. The lowest BCUT2D eigenvalue weighted by Crippen LogP contribution is -2.35. The minimum absolute atomic E-state index is 0.125. The summed E-state index contributed by atoms with van der Waals surface area (Å²) in [5.41, 5.74) is 1.19. The van der Waals surface area contributed by atoms with Crippen LogP contribution in [0.2, 0.25) is 5.02 Å². The third kappa shape index (κ3) is 4.93. The van der Waals surface area contributed by atoms with Gasteiger partial charge in [0.25, 0.3) is 0 Å². The van der Waals surface area contributed by atoms with E-state index in [1.807, 2.05) is 60.8 Å². The summed E-state index contributed by atoms with van der Waals surface area (Å²) in [6.07, 6.45) is 5.54. The molecule has 28 heavy (non-hydrogen) atoms. The fraction of sp³-hybridized carbons (Fsp3) is 0.318. The van der Waals surface area contributed by atoms with Crippen molar-refractivity contribution in [1.29, 1.82) is 0 Å². The molecule has 1 aliphatic rings. The Morgan fingerprint density at radius 2 is 1.96 bits per heavy atom. The van der Waals surface area contributed by atoms with Gasteiger partial charge in [0.1, 0.15) is 24.3 Å². The molecular weight excluding hydrogens is 376 g/mol. The van der Waals surface area contributed by atoms with Gasteiger partial charge in [-0.05, 0) is 36.2 Å². The Morgan fingerprint density at radius 3 is 2.71 bits per heavy atom. The number of para-hydroxylation sites is 1. The van der Waals surface area contributed by atoms with E-state index >= 15 is 0 Å². The quantitative estimate of drug-likeness (QED) is 0.609. The van der Waals surface area contributed by atoms with E-state index < -0.39 is 5.79 Å². The predicted molar refractivity (Wildman–Crippen MR) is 108 cm³/mol. The van der Waals surface area contributed by atoms with E-state index in [-0.39, 0.29) is 6.10 Å². The SMILES string of the molecule is Clc1ccc(CCC2(Cc3ncc[nH]3)OCC(COc3ccccc3)O2)cc1. The van der Waals surface area contributed by atoms with Gasteiger partial charge in [0.15, 0.2) is 5.79 Å². The van der Waals surface area contributed by atoms with Crippen LogP contribution >= 0.6 is 11.6 Å². The lowest BCUT2D eigenvalue weighted by atomic mass is 10.0. The van der Waals surface area contributed by atoms with Crippen molar-refractivity contribution in [3.05, 3.63) is 83.4 Å². The number of ether oxygens (including phenoxy) is 3. The number of aromatic amines is 1. The van der Waals surface area contributed by atoms with E-state index in [4.69, 9.17) is 25.8 Å². The smallest absolute Gasteiger partial charge is 0.176 e. The maximum absolute atomic E-state index is 6.36. The van der Waals surface area contributed by atoms with Gasteiger partial charge in [-0.2, -0.15) is 0 Å². The highest BCUT2D eigenvalue weighted by Crippen LogP contribution is 2.32. The zero-order valence-corrected chi connectivity index (χ0v) is 16.3. The number of nitrogens with one attached hydrogen (secondary N) is 1. The number of rotatable bonds is 8. The number of halogens is 1. The topological polar surface area (TPSA) is 56.4 Å². The van der Waals surface area contributed by atoms with Gasteiger partial charge < -0.3 is 19.2 Å². The third-order valence-corrected chi connectivity index (χ3v) is 5.04. The molecular formula is C22H23ClN2O3. The van der Waals surface area contributed by atoms with Crippen LogP contribution < -0.4 is 4.74 Å². The standard InChI is InChI=1S/C22H23ClN2O3/c23-18-8-6-17(7-9-18)10-11-22(14-21-24-12-13-25-21)27-16-20(28-22)15-26-19-4-2-1-3-5-19/h1-9,12-13,20H,10-11,14-16H2,(H,24,25). The van der Waals surface area contributed by atoms with Crippen molar-refractivity contribution in [3.63, 3.8) is 0 Å². The first kappa shape index (κ1) is 19.0. The highest BCUT2D eigenvalue weighted by atomic mass is 35.5. The van der Waals surface area contributed by atoms with Gasteiger partial charge in [0, 0.05) is 23.8 Å². The van der Waals surface area contributed by atoms with E-state index in [0.29, 0.717) is 19.6 Å². The van der Waals surface area contributed by atoms with Crippen LogP contribution in [-0.2, 0) is 22.3 Å². The maximum Gasteiger partial charge on any atom is 0.176 e. The number of nitrogens with zero attached hydrogens (tertiary/aromatic N) is 1. The zero-order chi connectivity index (χ0) is 19.2. The Balaban J connectivity index is 1.41. The first-order valence-electron chi connectivity index (χ1n) is 9.43. The second kappa shape index (κ2) is 8.78. The fourth-order valence-electron chi connectivity index (χ4n) is 3.35. The first-order valence-corrected chi connectivity index (χ1v) is 9.81. The molecule has 4 rings (SSSR count). The summed E-state index contributed by atoms with van der Waals surface area (Å²) in [6, 6.07) is 17.6. The molecule has 1 saturated heterocycles.